The van der Waals surface area contributed by atoms with E-state index in [1.807, 2.05) is 0 Å². The van der Waals surface area contributed by atoms with E-state index in [1.165, 1.54) is 23.9 Å². The molecule has 0 bridgehead atoms. The van der Waals surface area contributed by atoms with Gasteiger partial charge in [0.2, 0.25) is 0 Å². The molecule has 1 rings (SSSR count). The zero-order valence-corrected chi connectivity index (χ0v) is 11.1. The highest BCUT2D eigenvalue weighted by atomic mass is 79.9. The van der Waals surface area contributed by atoms with Crippen LogP contribution in [0.5, 0.6) is 0 Å². The van der Waals surface area contributed by atoms with Gasteiger partial charge in [-0.15, -0.1) is 11.8 Å². The Bertz CT molecular complexity index is 339. The van der Waals surface area contributed by atoms with Crippen LogP contribution < -0.4 is 0 Å². The van der Waals surface area contributed by atoms with Crippen LogP contribution in [-0.4, -0.2) is 11.1 Å². The van der Waals surface area contributed by atoms with Crippen molar-refractivity contribution in [3.8, 4) is 0 Å². The molecule has 0 saturated carbocycles. The number of thioether (sulfide) groups is 1. The van der Waals surface area contributed by atoms with E-state index in [0.717, 1.165) is 17.1 Å². The van der Waals surface area contributed by atoms with Gasteiger partial charge in [-0.25, -0.2) is 8.78 Å². The first-order valence-corrected chi connectivity index (χ1v) is 6.69. The summed E-state index contributed by atoms with van der Waals surface area (Å²) in [7, 11) is 0. The molecule has 0 aliphatic carbocycles. The molecule has 0 saturated heterocycles. The van der Waals surface area contributed by atoms with Crippen LogP contribution in [0.15, 0.2) is 23.1 Å². The Morgan fingerprint density at radius 3 is 2.53 bits per heavy atom. The average molecular weight is 295 g/mol. The van der Waals surface area contributed by atoms with E-state index in [2.05, 4.69) is 29.8 Å². The molecule has 4 heteroatoms. The molecule has 0 amide bonds. The van der Waals surface area contributed by atoms with Crippen molar-refractivity contribution in [2.75, 3.05) is 11.1 Å². The summed E-state index contributed by atoms with van der Waals surface area (Å²) < 4.78 is 25.9. The van der Waals surface area contributed by atoms with Crippen LogP contribution in [-0.2, 0) is 0 Å². The Hall–Kier alpha value is -0.0900. The van der Waals surface area contributed by atoms with Gasteiger partial charge in [0.15, 0.2) is 0 Å². The first kappa shape index (κ1) is 13.0. The van der Waals surface area contributed by atoms with E-state index in [-0.39, 0.29) is 5.41 Å². The van der Waals surface area contributed by atoms with Crippen molar-refractivity contribution < 1.29 is 8.78 Å². The molecule has 0 spiro atoms. The molecule has 1 aromatic rings. The predicted molar refractivity (Wildman–Crippen MR) is 64.7 cm³/mol. The predicted octanol–water partition coefficient (Wildman–Crippen LogP) is 4.48. The van der Waals surface area contributed by atoms with Crippen molar-refractivity contribution >= 4 is 27.7 Å². The number of halogens is 3. The van der Waals surface area contributed by atoms with Gasteiger partial charge in [0, 0.05) is 22.0 Å². The lowest BCUT2D eigenvalue weighted by Gasteiger charge is -2.20. The van der Waals surface area contributed by atoms with Crippen molar-refractivity contribution in [1.29, 1.82) is 0 Å². The summed E-state index contributed by atoms with van der Waals surface area (Å²) in [5, 5.41) is 0.857. The fourth-order valence-electron chi connectivity index (χ4n) is 0.904. The molecule has 0 N–H and O–H groups in total. The summed E-state index contributed by atoms with van der Waals surface area (Å²) in [5.41, 5.74) is 0.103. The molecule has 15 heavy (non-hydrogen) atoms. The maximum Gasteiger partial charge on any atom is 0.139 e. The third-order valence-corrected chi connectivity index (χ3v) is 4.96. The Kier molecular flexibility index (Phi) is 4.59. The van der Waals surface area contributed by atoms with Crippen LogP contribution in [0.3, 0.4) is 0 Å². The van der Waals surface area contributed by atoms with Crippen molar-refractivity contribution in [3.05, 3.63) is 29.8 Å². The summed E-state index contributed by atoms with van der Waals surface area (Å²) in [6.07, 6.45) is 0. The minimum absolute atomic E-state index is 0.103. The van der Waals surface area contributed by atoms with Gasteiger partial charge in [0.1, 0.15) is 11.6 Å². The summed E-state index contributed by atoms with van der Waals surface area (Å²) in [4.78, 5) is 0.505. The van der Waals surface area contributed by atoms with Gasteiger partial charge >= 0.3 is 0 Å². The van der Waals surface area contributed by atoms with E-state index in [0.29, 0.717) is 4.90 Å². The molecule has 0 aromatic heterocycles. The lowest BCUT2D eigenvalue weighted by molar-refractivity contribution is 0.495. The molecule has 1 aromatic carbocycles. The van der Waals surface area contributed by atoms with Crippen LogP contribution in [0.25, 0.3) is 0 Å². The Morgan fingerprint density at radius 1 is 1.33 bits per heavy atom. The topological polar surface area (TPSA) is 0 Å². The Morgan fingerprint density at radius 2 is 2.00 bits per heavy atom. The van der Waals surface area contributed by atoms with Gasteiger partial charge in [-0.2, -0.15) is 0 Å². The minimum atomic E-state index is -0.531. The Balaban J connectivity index is 2.66. The smallest absolute Gasteiger partial charge is 0.139 e. The normalized spacial score (nSPS) is 11.8. The number of hydrogen-bond acceptors (Lipinski definition) is 1. The number of alkyl halides is 1. The van der Waals surface area contributed by atoms with Crippen LogP contribution in [0.1, 0.15) is 13.8 Å². The van der Waals surface area contributed by atoms with Gasteiger partial charge in [0.05, 0.1) is 0 Å². The quantitative estimate of drug-likeness (QED) is 0.583. The number of rotatable bonds is 4. The monoisotopic (exact) mass is 294 g/mol. The molecular formula is C11H13BrF2S. The van der Waals surface area contributed by atoms with Crippen molar-refractivity contribution in [2.45, 2.75) is 18.7 Å². The zero-order chi connectivity index (χ0) is 11.5. The van der Waals surface area contributed by atoms with E-state index in [1.54, 1.807) is 0 Å². The molecule has 0 aliphatic rings. The van der Waals surface area contributed by atoms with Gasteiger partial charge in [-0.3, -0.25) is 0 Å². The fourth-order valence-corrected chi connectivity index (χ4v) is 2.37. The second-order valence-electron chi connectivity index (χ2n) is 4.16. The summed E-state index contributed by atoms with van der Waals surface area (Å²) in [6.45, 7) is 4.19. The van der Waals surface area contributed by atoms with Crippen molar-refractivity contribution in [1.82, 2.24) is 0 Å². The molecule has 0 heterocycles. The van der Waals surface area contributed by atoms with Crippen LogP contribution >= 0.6 is 27.7 Å². The van der Waals surface area contributed by atoms with E-state index >= 15 is 0 Å². The molecule has 0 atom stereocenters. The second kappa shape index (κ2) is 5.30. The van der Waals surface area contributed by atoms with Gasteiger partial charge in [-0.05, 0) is 17.5 Å². The molecular weight excluding hydrogens is 282 g/mol. The largest absolute Gasteiger partial charge is 0.207 e. The molecule has 0 nitrogen and oxygen atoms in total. The van der Waals surface area contributed by atoms with Crippen LogP contribution in [0.2, 0.25) is 0 Å². The van der Waals surface area contributed by atoms with Gasteiger partial charge in [0.25, 0.3) is 0 Å². The lowest BCUT2D eigenvalue weighted by atomic mass is 10.0. The van der Waals surface area contributed by atoms with E-state index in [4.69, 9.17) is 0 Å². The third kappa shape index (κ3) is 4.11. The summed E-state index contributed by atoms with van der Waals surface area (Å²) >= 11 is 4.82. The van der Waals surface area contributed by atoms with Crippen molar-refractivity contribution in [3.63, 3.8) is 0 Å². The standard InChI is InChI=1S/C11H13BrF2S/c1-11(2,6-12)7-15-10-4-3-8(13)5-9(10)14/h3-5H,6-7H2,1-2H3. The third-order valence-electron chi connectivity index (χ3n) is 1.87. The maximum atomic E-state index is 13.3. The van der Waals surface area contributed by atoms with Crippen LogP contribution in [0.4, 0.5) is 8.78 Å². The van der Waals surface area contributed by atoms with Gasteiger partial charge in [-0.1, -0.05) is 29.8 Å². The minimum Gasteiger partial charge on any atom is -0.207 e. The molecule has 0 aliphatic heterocycles. The zero-order valence-electron chi connectivity index (χ0n) is 8.69. The highest BCUT2D eigenvalue weighted by Gasteiger charge is 2.17. The molecule has 0 unspecified atom stereocenters. The Labute approximate surface area is 102 Å². The maximum absolute atomic E-state index is 13.3. The molecule has 84 valence electrons. The summed E-state index contributed by atoms with van der Waals surface area (Å²) in [5.74, 6) is -0.220. The number of benzene rings is 1. The lowest BCUT2D eigenvalue weighted by Crippen LogP contribution is -2.16. The van der Waals surface area contributed by atoms with Crippen LogP contribution in [0, 0.1) is 17.0 Å². The highest BCUT2D eigenvalue weighted by molar-refractivity contribution is 9.09. The first-order chi connectivity index (χ1) is 6.94. The fraction of sp³-hybridized carbons (Fsp3) is 0.455. The van der Waals surface area contributed by atoms with Crippen molar-refractivity contribution in [2.24, 2.45) is 5.41 Å². The van der Waals surface area contributed by atoms with Gasteiger partial charge < -0.3 is 0 Å². The number of hydrogen-bond donors (Lipinski definition) is 0. The first-order valence-electron chi connectivity index (χ1n) is 4.58. The van der Waals surface area contributed by atoms with E-state index < -0.39 is 11.6 Å². The SMILES string of the molecule is CC(C)(CBr)CSc1ccc(F)cc1F. The molecule has 0 radical (unpaired) electrons. The average Bonchev–Trinajstić information content (AvgIpc) is 2.16. The highest BCUT2D eigenvalue weighted by Crippen LogP contribution is 2.30. The molecule has 0 fully saturated rings. The summed E-state index contributed by atoms with van der Waals surface area (Å²) in [6, 6.07) is 3.69. The van der Waals surface area contributed by atoms with E-state index in [9.17, 15) is 8.78 Å². The second-order valence-corrected chi connectivity index (χ2v) is 5.74.